The summed E-state index contributed by atoms with van der Waals surface area (Å²) in [6.07, 6.45) is 0.514. The van der Waals surface area contributed by atoms with Crippen molar-refractivity contribution in [2.24, 2.45) is 0 Å². The third kappa shape index (κ3) is 5.60. The first-order valence-corrected chi connectivity index (χ1v) is 10.5. The van der Waals surface area contributed by atoms with Gasteiger partial charge < -0.3 is 15.6 Å². The van der Waals surface area contributed by atoms with Gasteiger partial charge in [0.1, 0.15) is 17.5 Å². The molecule has 1 heterocycles. The van der Waals surface area contributed by atoms with E-state index in [2.05, 4.69) is 20.6 Å². The molecule has 1 atom stereocenters. The maximum atomic E-state index is 13.8. The fourth-order valence-electron chi connectivity index (χ4n) is 3.53. The van der Waals surface area contributed by atoms with E-state index < -0.39 is 23.6 Å². The lowest BCUT2D eigenvalue weighted by Crippen LogP contribution is -2.34. The van der Waals surface area contributed by atoms with Gasteiger partial charge in [0.25, 0.3) is 5.91 Å². The molecule has 3 N–H and O–H groups in total. The third-order valence-corrected chi connectivity index (χ3v) is 5.17. The predicted molar refractivity (Wildman–Crippen MR) is 120 cm³/mol. The van der Waals surface area contributed by atoms with Crippen molar-refractivity contribution in [2.75, 3.05) is 6.54 Å². The Kier molecular flexibility index (Phi) is 6.73. The van der Waals surface area contributed by atoms with Crippen LogP contribution in [0.4, 0.5) is 8.78 Å². The standard InChI is InChI=1S/C25H22F2N4O2/c26-17-10-11-18(19(27)15-17)25(33)28-13-12-23(32)29-22(14-16-6-2-1-3-7-16)24-30-20-8-4-5-9-21(20)31-24/h1-11,15,22H,12-14H2,(H,28,33)(H,29,32)(H,30,31)/t22-/m0/s1. The molecule has 0 aliphatic rings. The van der Waals surface area contributed by atoms with Crippen molar-refractivity contribution in [1.29, 1.82) is 0 Å². The van der Waals surface area contributed by atoms with Gasteiger partial charge in [-0.3, -0.25) is 9.59 Å². The molecule has 0 fully saturated rings. The fourth-order valence-corrected chi connectivity index (χ4v) is 3.53. The summed E-state index contributed by atoms with van der Waals surface area (Å²) in [7, 11) is 0. The summed E-state index contributed by atoms with van der Waals surface area (Å²) < 4.78 is 26.8. The number of para-hydroxylation sites is 2. The molecule has 168 valence electrons. The first kappa shape index (κ1) is 22.1. The zero-order valence-corrected chi connectivity index (χ0v) is 17.6. The number of aromatic nitrogens is 2. The Hall–Kier alpha value is -4.07. The highest BCUT2D eigenvalue weighted by Crippen LogP contribution is 2.20. The summed E-state index contributed by atoms with van der Waals surface area (Å²) in [6.45, 7) is -0.000327. The summed E-state index contributed by atoms with van der Waals surface area (Å²) in [6, 6.07) is 19.6. The van der Waals surface area contributed by atoms with Crippen LogP contribution in [-0.2, 0) is 11.2 Å². The molecular formula is C25H22F2N4O2. The van der Waals surface area contributed by atoms with Crippen molar-refractivity contribution in [3.05, 3.63) is 101 Å². The molecule has 1 aromatic heterocycles. The highest BCUT2D eigenvalue weighted by molar-refractivity contribution is 5.94. The molecule has 4 aromatic rings. The van der Waals surface area contributed by atoms with Gasteiger partial charge >= 0.3 is 0 Å². The van der Waals surface area contributed by atoms with Crippen LogP contribution in [-0.4, -0.2) is 28.3 Å². The number of aromatic amines is 1. The number of halogens is 2. The zero-order valence-electron chi connectivity index (χ0n) is 17.6. The van der Waals surface area contributed by atoms with Gasteiger partial charge in [-0.25, -0.2) is 13.8 Å². The van der Waals surface area contributed by atoms with Gasteiger partial charge in [0.05, 0.1) is 22.6 Å². The zero-order chi connectivity index (χ0) is 23.2. The molecule has 33 heavy (non-hydrogen) atoms. The second-order valence-electron chi connectivity index (χ2n) is 7.58. The van der Waals surface area contributed by atoms with Crippen LogP contribution < -0.4 is 10.6 Å². The Labute approximate surface area is 189 Å². The molecule has 6 nitrogen and oxygen atoms in total. The molecule has 0 spiro atoms. The van der Waals surface area contributed by atoms with E-state index in [1.54, 1.807) is 0 Å². The number of nitrogens with zero attached hydrogens (tertiary/aromatic N) is 1. The molecular weight excluding hydrogens is 426 g/mol. The Balaban J connectivity index is 1.41. The maximum absolute atomic E-state index is 13.8. The quantitative estimate of drug-likeness (QED) is 0.380. The van der Waals surface area contributed by atoms with Crippen molar-refractivity contribution in [3.8, 4) is 0 Å². The third-order valence-electron chi connectivity index (χ3n) is 5.17. The number of benzene rings is 3. The highest BCUT2D eigenvalue weighted by Gasteiger charge is 2.19. The topological polar surface area (TPSA) is 86.9 Å². The second kappa shape index (κ2) is 10.0. The number of amides is 2. The van der Waals surface area contributed by atoms with Gasteiger partial charge in [0.2, 0.25) is 5.91 Å². The van der Waals surface area contributed by atoms with Crippen LogP contribution in [0.2, 0.25) is 0 Å². The van der Waals surface area contributed by atoms with Crippen molar-refractivity contribution >= 4 is 22.8 Å². The minimum atomic E-state index is -0.954. The predicted octanol–water partition coefficient (Wildman–Crippen LogP) is 4.06. The lowest BCUT2D eigenvalue weighted by atomic mass is 10.1. The Morgan fingerprint density at radius 3 is 2.48 bits per heavy atom. The molecule has 0 unspecified atom stereocenters. The van der Waals surface area contributed by atoms with Crippen molar-refractivity contribution in [1.82, 2.24) is 20.6 Å². The van der Waals surface area contributed by atoms with E-state index in [0.717, 1.165) is 28.7 Å². The van der Waals surface area contributed by atoms with Crippen LogP contribution in [0.25, 0.3) is 11.0 Å². The molecule has 0 aliphatic carbocycles. The number of hydrogen-bond acceptors (Lipinski definition) is 3. The molecule has 0 saturated heterocycles. The first-order chi connectivity index (χ1) is 16.0. The van der Waals surface area contributed by atoms with Gasteiger partial charge in [0.15, 0.2) is 0 Å². The molecule has 0 bridgehead atoms. The normalized spacial score (nSPS) is 11.8. The molecule has 3 aromatic carbocycles. The number of hydrogen-bond donors (Lipinski definition) is 3. The number of carbonyl (C=O) groups is 2. The van der Waals surface area contributed by atoms with Crippen molar-refractivity contribution in [2.45, 2.75) is 18.9 Å². The molecule has 8 heteroatoms. The Morgan fingerprint density at radius 1 is 0.970 bits per heavy atom. The molecule has 0 radical (unpaired) electrons. The first-order valence-electron chi connectivity index (χ1n) is 10.5. The number of carbonyl (C=O) groups excluding carboxylic acids is 2. The van der Waals surface area contributed by atoms with E-state index in [0.29, 0.717) is 18.3 Å². The number of H-pyrrole nitrogens is 1. The van der Waals surface area contributed by atoms with Crippen LogP contribution in [0.15, 0.2) is 72.8 Å². The minimum absolute atomic E-state index is 0.000327. The van der Waals surface area contributed by atoms with E-state index in [9.17, 15) is 18.4 Å². The molecule has 0 aliphatic heterocycles. The highest BCUT2D eigenvalue weighted by atomic mass is 19.1. The van der Waals surface area contributed by atoms with Crippen LogP contribution in [0.3, 0.4) is 0 Å². The van der Waals surface area contributed by atoms with E-state index in [-0.39, 0.29) is 24.4 Å². The average Bonchev–Trinajstić information content (AvgIpc) is 3.23. The largest absolute Gasteiger partial charge is 0.351 e. The van der Waals surface area contributed by atoms with Crippen LogP contribution in [0, 0.1) is 11.6 Å². The molecule has 4 rings (SSSR count). The summed E-state index contributed by atoms with van der Waals surface area (Å²) >= 11 is 0. The van der Waals surface area contributed by atoms with Gasteiger partial charge in [-0.2, -0.15) is 0 Å². The summed E-state index contributed by atoms with van der Waals surface area (Å²) in [5.74, 6) is -2.09. The minimum Gasteiger partial charge on any atom is -0.351 e. The van der Waals surface area contributed by atoms with Crippen molar-refractivity contribution in [3.63, 3.8) is 0 Å². The number of fused-ring (bicyclic) bond motifs is 1. The van der Waals surface area contributed by atoms with Gasteiger partial charge in [-0.15, -0.1) is 0 Å². The van der Waals surface area contributed by atoms with Gasteiger partial charge in [-0.1, -0.05) is 42.5 Å². The van der Waals surface area contributed by atoms with E-state index >= 15 is 0 Å². The summed E-state index contributed by atoms with van der Waals surface area (Å²) in [5, 5.41) is 5.46. The monoisotopic (exact) mass is 448 g/mol. The number of rotatable bonds is 8. The maximum Gasteiger partial charge on any atom is 0.254 e. The Bertz CT molecular complexity index is 1240. The number of nitrogens with one attached hydrogen (secondary N) is 3. The van der Waals surface area contributed by atoms with Crippen LogP contribution in [0.1, 0.15) is 34.2 Å². The molecule has 2 amide bonds. The van der Waals surface area contributed by atoms with Crippen molar-refractivity contribution < 1.29 is 18.4 Å². The van der Waals surface area contributed by atoms with Crippen LogP contribution >= 0.6 is 0 Å². The summed E-state index contributed by atoms with van der Waals surface area (Å²) in [4.78, 5) is 32.6. The summed E-state index contributed by atoms with van der Waals surface area (Å²) in [5.41, 5.74) is 2.42. The average molecular weight is 448 g/mol. The number of imidazole rings is 1. The lowest BCUT2D eigenvalue weighted by molar-refractivity contribution is -0.121. The smallest absolute Gasteiger partial charge is 0.254 e. The van der Waals surface area contributed by atoms with E-state index in [1.165, 1.54) is 0 Å². The molecule has 0 saturated carbocycles. The van der Waals surface area contributed by atoms with E-state index in [1.807, 2.05) is 54.6 Å². The second-order valence-corrected chi connectivity index (χ2v) is 7.58. The van der Waals surface area contributed by atoms with Crippen LogP contribution in [0.5, 0.6) is 0 Å². The van der Waals surface area contributed by atoms with E-state index in [4.69, 9.17) is 0 Å². The lowest BCUT2D eigenvalue weighted by Gasteiger charge is -2.17. The Morgan fingerprint density at radius 2 is 1.73 bits per heavy atom. The van der Waals surface area contributed by atoms with Gasteiger partial charge in [-0.05, 0) is 36.2 Å². The fraction of sp³-hybridized carbons (Fsp3) is 0.160. The van der Waals surface area contributed by atoms with Gasteiger partial charge in [0, 0.05) is 19.0 Å². The SMILES string of the molecule is O=C(CCNC(=O)c1ccc(F)cc1F)N[C@@H](Cc1ccccc1)c1nc2ccccc2[nH]1.